The molecule has 2 rings (SSSR count). The number of nitrogens with one attached hydrogen (secondary N) is 1. The number of likely N-dealkylation sites (tertiary alicyclic amines) is 1. The maximum absolute atomic E-state index is 12.6. The van der Waals surface area contributed by atoms with Crippen molar-refractivity contribution < 1.29 is 9.59 Å². The predicted molar refractivity (Wildman–Crippen MR) is 79.3 cm³/mol. The highest BCUT2D eigenvalue weighted by molar-refractivity contribution is 6.05. The van der Waals surface area contributed by atoms with Crippen LogP contribution in [0.1, 0.15) is 72.1 Å². The minimum Gasteiger partial charge on any atom is -0.300 e. The molecule has 2 fully saturated rings. The molecular formula is C16H28N2O2. The molecule has 1 N–H and O–H groups in total. The molecule has 0 spiro atoms. The molecule has 4 heteroatoms. The Balaban J connectivity index is 2.04. The van der Waals surface area contributed by atoms with Crippen LogP contribution < -0.4 is 5.32 Å². The summed E-state index contributed by atoms with van der Waals surface area (Å²) >= 11 is 0. The third-order valence-corrected chi connectivity index (χ3v) is 5.21. The number of imide groups is 1. The lowest BCUT2D eigenvalue weighted by molar-refractivity contribution is -0.142. The van der Waals surface area contributed by atoms with Gasteiger partial charge >= 0.3 is 0 Å². The average Bonchev–Trinajstić information content (AvgIpc) is 2.74. The number of hydrogen-bond donors (Lipinski definition) is 1. The molecule has 0 aromatic rings. The summed E-state index contributed by atoms with van der Waals surface area (Å²) in [6, 6.07) is -0.153. The maximum atomic E-state index is 12.6. The summed E-state index contributed by atoms with van der Waals surface area (Å²) in [4.78, 5) is 26.4. The van der Waals surface area contributed by atoms with Gasteiger partial charge in [0.05, 0.1) is 12.5 Å². The molecule has 2 aliphatic rings. The Morgan fingerprint density at radius 1 is 1.15 bits per heavy atom. The van der Waals surface area contributed by atoms with E-state index in [2.05, 4.69) is 26.1 Å². The summed E-state index contributed by atoms with van der Waals surface area (Å²) < 4.78 is 0. The molecule has 1 saturated carbocycles. The molecule has 0 radical (unpaired) electrons. The second kappa shape index (κ2) is 6.25. The summed E-state index contributed by atoms with van der Waals surface area (Å²) in [5.41, 5.74) is -0.0524. The highest BCUT2D eigenvalue weighted by Gasteiger charge is 2.44. The molecule has 0 aromatic heterocycles. The van der Waals surface area contributed by atoms with E-state index in [-0.39, 0.29) is 29.4 Å². The lowest BCUT2D eigenvalue weighted by Gasteiger charge is -2.32. The molecule has 1 aliphatic heterocycles. The fourth-order valence-corrected chi connectivity index (χ4v) is 3.36. The van der Waals surface area contributed by atoms with Gasteiger partial charge in [-0.1, -0.05) is 33.1 Å². The van der Waals surface area contributed by atoms with Gasteiger partial charge in [0.2, 0.25) is 11.8 Å². The monoisotopic (exact) mass is 280 g/mol. The summed E-state index contributed by atoms with van der Waals surface area (Å²) in [6.45, 7) is 6.38. The topological polar surface area (TPSA) is 49.4 Å². The zero-order valence-corrected chi connectivity index (χ0v) is 13.1. The molecule has 1 atom stereocenters. The van der Waals surface area contributed by atoms with Gasteiger partial charge in [-0.25, -0.2) is 0 Å². The highest BCUT2D eigenvalue weighted by atomic mass is 16.2. The van der Waals surface area contributed by atoms with E-state index >= 15 is 0 Å². The molecule has 1 aliphatic carbocycles. The molecule has 2 amide bonds. The zero-order valence-electron chi connectivity index (χ0n) is 13.1. The Hall–Kier alpha value is -0.900. The van der Waals surface area contributed by atoms with Crippen LogP contribution in [0.3, 0.4) is 0 Å². The van der Waals surface area contributed by atoms with Crippen LogP contribution in [0.25, 0.3) is 0 Å². The molecule has 1 saturated heterocycles. The van der Waals surface area contributed by atoms with Gasteiger partial charge in [-0.3, -0.25) is 14.5 Å². The van der Waals surface area contributed by atoms with Gasteiger partial charge in [-0.15, -0.1) is 0 Å². The lowest BCUT2D eigenvalue weighted by atomic mass is 9.93. The third-order valence-electron chi connectivity index (χ3n) is 5.21. The van der Waals surface area contributed by atoms with E-state index in [0.29, 0.717) is 6.42 Å². The van der Waals surface area contributed by atoms with Crippen molar-refractivity contribution >= 4 is 11.8 Å². The molecule has 114 valence electrons. The van der Waals surface area contributed by atoms with E-state index in [9.17, 15) is 9.59 Å². The van der Waals surface area contributed by atoms with Gasteiger partial charge in [-0.05, 0) is 32.6 Å². The van der Waals surface area contributed by atoms with Gasteiger partial charge in [0.1, 0.15) is 0 Å². The first-order chi connectivity index (χ1) is 9.50. The van der Waals surface area contributed by atoms with Crippen LogP contribution >= 0.6 is 0 Å². The molecular weight excluding hydrogens is 252 g/mol. The number of carbonyl (C=O) groups is 2. The average molecular weight is 280 g/mol. The van der Waals surface area contributed by atoms with E-state index in [4.69, 9.17) is 0 Å². The number of amides is 2. The third kappa shape index (κ3) is 3.05. The van der Waals surface area contributed by atoms with Gasteiger partial charge < -0.3 is 5.32 Å². The molecule has 20 heavy (non-hydrogen) atoms. The first-order valence-electron chi connectivity index (χ1n) is 8.14. The van der Waals surface area contributed by atoms with Gasteiger partial charge in [0.15, 0.2) is 0 Å². The quantitative estimate of drug-likeness (QED) is 0.788. The SMILES string of the molecule is CCC(C)(CC)NC1CC(=O)N(C2CCCCC2)C1=O. The summed E-state index contributed by atoms with van der Waals surface area (Å²) in [6.07, 6.45) is 7.76. The van der Waals surface area contributed by atoms with Crippen molar-refractivity contribution in [2.45, 2.75) is 89.8 Å². The van der Waals surface area contributed by atoms with Crippen LogP contribution in [0.5, 0.6) is 0 Å². The molecule has 0 aromatic carbocycles. The van der Waals surface area contributed by atoms with Gasteiger partial charge in [-0.2, -0.15) is 0 Å². The fraction of sp³-hybridized carbons (Fsp3) is 0.875. The first kappa shape index (κ1) is 15.5. The van der Waals surface area contributed by atoms with Crippen molar-refractivity contribution in [3.63, 3.8) is 0 Å². The van der Waals surface area contributed by atoms with Crippen molar-refractivity contribution in [1.82, 2.24) is 10.2 Å². The predicted octanol–water partition coefficient (Wildman–Crippen LogP) is 2.61. The van der Waals surface area contributed by atoms with Crippen molar-refractivity contribution in [1.29, 1.82) is 0 Å². The van der Waals surface area contributed by atoms with Gasteiger partial charge in [0.25, 0.3) is 0 Å². The molecule has 4 nitrogen and oxygen atoms in total. The number of carbonyl (C=O) groups excluding carboxylic acids is 2. The maximum Gasteiger partial charge on any atom is 0.247 e. The number of nitrogens with zero attached hydrogens (tertiary/aromatic N) is 1. The molecule has 1 unspecified atom stereocenters. The second-order valence-electron chi connectivity index (χ2n) is 6.56. The van der Waals surface area contributed by atoms with Crippen LogP contribution in [-0.4, -0.2) is 34.3 Å². The summed E-state index contributed by atoms with van der Waals surface area (Å²) in [7, 11) is 0. The summed E-state index contributed by atoms with van der Waals surface area (Å²) in [5.74, 6) is 0.0315. The van der Waals surface area contributed by atoms with Gasteiger partial charge in [0, 0.05) is 11.6 Å². The van der Waals surface area contributed by atoms with Crippen LogP contribution in [0.4, 0.5) is 0 Å². The number of rotatable bonds is 5. The van der Waals surface area contributed by atoms with Crippen LogP contribution in [0.2, 0.25) is 0 Å². The highest BCUT2D eigenvalue weighted by Crippen LogP contribution is 2.28. The minimum atomic E-state index is -0.311. The van der Waals surface area contributed by atoms with E-state index in [1.807, 2.05) is 0 Å². The van der Waals surface area contributed by atoms with E-state index in [1.54, 1.807) is 4.90 Å². The molecule has 1 heterocycles. The van der Waals surface area contributed by atoms with Crippen molar-refractivity contribution in [2.24, 2.45) is 0 Å². The fourth-order valence-electron chi connectivity index (χ4n) is 3.36. The van der Waals surface area contributed by atoms with Crippen LogP contribution in [0.15, 0.2) is 0 Å². The van der Waals surface area contributed by atoms with Crippen molar-refractivity contribution in [3.05, 3.63) is 0 Å². The minimum absolute atomic E-state index is 0.00928. The second-order valence-corrected chi connectivity index (χ2v) is 6.56. The van der Waals surface area contributed by atoms with E-state index < -0.39 is 0 Å². The lowest BCUT2D eigenvalue weighted by Crippen LogP contribution is -2.51. The Labute approximate surface area is 122 Å². The largest absolute Gasteiger partial charge is 0.300 e. The van der Waals surface area contributed by atoms with Crippen LogP contribution in [0, 0.1) is 0 Å². The first-order valence-corrected chi connectivity index (χ1v) is 8.14. The normalized spacial score (nSPS) is 25.6. The molecule has 0 bridgehead atoms. The smallest absolute Gasteiger partial charge is 0.247 e. The Bertz CT molecular complexity index is 371. The summed E-state index contributed by atoms with van der Waals surface area (Å²) in [5, 5.41) is 3.43. The Kier molecular flexibility index (Phi) is 4.84. The number of hydrogen-bond acceptors (Lipinski definition) is 3. The Morgan fingerprint density at radius 2 is 1.75 bits per heavy atom. The standard InChI is InChI=1S/C16H28N2O2/c1-4-16(3,5-2)17-13-11-14(19)18(15(13)20)12-9-7-6-8-10-12/h12-13,17H,4-11H2,1-3H3. The van der Waals surface area contributed by atoms with E-state index in [1.165, 1.54) is 6.42 Å². The van der Waals surface area contributed by atoms with Crippen molar-refractivity contribution in [2.75, 3.05) is 0 Å². The van der Waals surface area contributed by atoms with Crippen LogP contribution in [-0.2, 0) is 9.59 Å². The van der Waals surface area contributed by atoms with Crippen molar-refractivity contribution in [3.8, 4) is 0 Å². The zero-order chi connectivity index (χ0) is 14.8. The Morgan fingerprint density at radius 3 is 2.30 bits per heavy atom. The van der Waals surface area contributed by atoms with E-state index in [0.717, 1.165) is 38.5 Å².